The second-order valence-electron chi connectivity index (χ2n) is 7.05. The lowest BCUT2D eigenvalue weighted by Gasteiger charge is -2.11. The van der Waals surface area contributed by atoms with Crippen molar-refractivity contribution in [1.29, 1.82) is 0 Å². The summed E-state index contributed by atoms with van der Waals surface area (Å²) in [6, 6.07) is 22.8. The number of anilines is 1. The van der Waals surface area contributed by atoms with Gasteiger partial charge in [-0.1, -0.05) is 60.1 Å². The van der Waals surface area contributed by atoms with E-state index in [1.54, 1.807) is 13.2 Å². The normalized spacial score (nSPS) is 10.8. The average Bonchev–Trinajstić information content (AvgIpc) is 3.31. The summed E-state index contributed by atoms with van der Waals surface area (Å²) in [4.78, 5) is 16.8. The summed E-state index contributed by atoms with van der Waals surface area (Å²) >= 11 is 7.29. The first-order valence-electron chi connectivity index (χ1n) is 10.2. The monoisotopic (exact) mass is 476 g/mol. The molecule has 0 fully saturated rings. The van der Waals surface area contributed by atoms with E-state index in [0.717, 1.165) is 22.4 Å². The highest BCUT2D eigenvalue weighted by molar-refractivity contribution is 7.14. The Balaban J connectivity index is 1.37. The summed E-state index contributed by atoms with van der Waals surface area (Å²) in [6.07, 6.45) is 3.18. The first-order valence-corrected chi connectivity index (χ1v) is 11.4. The molecule has 0 atom stereocenters. The van der Waals surface area contributed by atoms with Gasteiger partial charge in [-0.3, -0.25) is 10.1 Å². The smallest absolute Gasteiger partial charge is 0.250 e. The van der Waals surface area contributed by atoms with Crippen molar-refractivity contribution in [3.05, 3.63) is 100 Å². The number of hydrogen-bond donors (Lipinski definition) is 1. The van der Waals surface area contributed by atoms with E-state index in [9.17, 15) is 4.79 Å². The number of benzene rings is 3. The van der Waals surface area contributed by atoms with E-state index in [1.165, 1.54) is 17.4 Å². The van der Waals surface area contributed by atoms with E-state index in [1.807, 2.05) is 78.2 Å². The molecule has 166 valence electrons. The van der Waals surface area contributed by atoms with Crippen molar-refractivity contribution in [1.82, 2.24) is 4.98 Å². The zero-order chi connectivity index (χ0) is 23.0. The second kappa shape index (κ2) is 10.8. The molecule has 4 aromatic rings. The highest BCUT2D eigenvalue weighted by Crippen LogP contribution is 2.29. The van der Waals surface area contributed by atoms with E-state index in [-0.39, 0.29) is 5.91 Å². The zero-order valence-electron chi connectivity index (χ0n) is 17.8. The fourth-order valence-electron chi connectivity index (χ4n) is 3.05. The van der Waals surface area contributed by atoms with E-state index in [4.69, 9.17) is 21.1 Å². The van der Waals surface area contributed by atoms with Crippen molar-refractivity contribution in [3.8, 4) is 22.8 Å². The highest BCUT2D eigenvalue weighted by atomic mass is 35.5. The fraction of sp³-hybridized carbons (Fsp3) is 0.0769. The molecule has 0 saturated heterocycles. The number of nitrogens with one attached hydrogen (secondary N) is 1. The molecule has 0 spiro atoms. The first-order chi connectivity index (χ1) is 16.1. The Bertz CT molecular complexity index is 1250. The van der Waals surface area contributed by atoms with Gasteiger partial charge in [0.1, 0.15) is 6.61 Å². The van der Waals surface area contributed by atoms with Crippen LogP contribution in [0.3, 0.4) is 0 Å². The summed E-state index contributed by atoms with van der Waals surface area (Å²) in [7, 11) is 1.59. The molecule has 5 nitrogen and oxygen atoms in total. The van der Waals surface area contributed by atoms with Gasteiger partial charge in [0, 0.05) is 22.0 Å². The number of carbonyl (C=O) groups excluding carboxylic acids is 1. The van der Waals surface area contributed by atoms with Crippen LogP contribution in [-0.2, 0) is 11.4 Å². The average molecular weight is 477 g/mol. The number of carbonyl (C=O) groups is 1. The van der Waals surface area contributed by atoms with Crippen LogP contribution in [0.25, 0.3) is 17.3 Å². The van der Waals surface area contributed by atoms with Crippen molar-refractivity contribution < 1.29 is 14.3 Å². The van der Waals surface area contributed by atoms with E-state index in [0.29, 0.717) is 28.3 Å². The number of halogens is 1. The minimum atomic E-state index is -0.268. The maximum atomic E-state index is 12.4. The van der Waals surface area contributed by atoms with Crippen LogP contribution in [0.15, 0.2) is 84.3 Å². The molecule has 7 heteroatoms. The molecule has 1 amide bonds. The van der Waals surface area contributed by atoms with Gasteiger partial charge in [-0.25, -0.2) is 4.98 Å². The van der Waals surface area contributed by atoms with Crippen molar-refractivity contribution >= 4 is 40.1 Å². The molecule has 1 heterocycles. The molecule has 1 N–H and O–H groups in total. The number of nitrogens with zero attached hydrogens (tertiary/aromatic N) is 1. The first kappa shape index (κ1) is 22.6. The molecule has 0 unspecified atom stereocenters. The van der Waals surface area contributed by atoms with Crippen LogP contribution in [0, 0.1) is 0 Å². The largest absolute Gasteiger partial charge is 0.493 e. The Morgan fingerprint density at radius 2 is 1.85 bits per heavy atom. The predicted molar refractivity (Wildman–Crippen MR) is 134 cm³/mol. The molecule has 0 radical (unpaired) electrons. The maximum absolute atomic E-state index is 12.4. The van der Waals surface area contributed by atoms with Crippen LogP contribution in [0.4, 0.5) is 5.13 Å². The molecule has 0 aliphatic heterocycles. The molecule has 0 saturated carbocycles. The van der Waals surface area contributed by atoms with E-state index in [2.05, 4.69) is 10.3 Å². The van der Waals surface area contributed by atoms with Crippen LogP contribution >= 0.6 is 22.9 Å². The number of thiazole rings is 1. The number of methoxy groups -OCH3 is 1. The van der Waals surface area contributed by atoms with Crippen molar-refractivity contribution in [2.75, 3.05) is 12.4 Å². The summed E-state index contributed by atoms with van der Waals surface area (Å²) in [5.41, 5.74) is 3.61. The Labute approximate surface area is 201 Å². The lowest BCUT2D eigenvalue weighted by molar-refractivity contribution is -0.111. The lowest BCUT2D eigenvalue weighted by Crippen LogP contribution is -2.07. The van der Waals surface area contributed by atoms with Gasteiger partial charge in [-0.2, -0.15) is 0 Å². The molecule has 0 aliphatic rings. The van der Waals surface area contributed by atoms with Gasteiger partial charge in [-0.05, 0) is 41.5 Å². The van der Waals surface area contributed by atoms with Gasteiger partial charge in [0.15, 0.2) is 16.6 Å². The van der Waals surface area contributed by atoms with E-state index < -0.39 is 0 Å². The topological polar surface area (TPSA) is 60.5 Å². The minimum absolute atomic E-state index is 0.268. The molecular formula is C26H21ClN2O3S. The van der Waals surface area contributed by atoms with Gasteiger partial charge < -0.3 is 9.47 Å². The molecule has 1 aromatic heterocycles. The van der Waals surface area contributed by atoms with Gasteiger partial charge >= 0.3 is 0 Å². The van der Waals surface area contributed by atoms with Crippen molar-refractivity contribution in [2.45, 2.75) is 6.61 Å². The molecule has 0 aliphatic carbocycles. The number of aromatic nitrogens is 1. The molecular weight excluding hydrogens is 456 g/mol. The molecule has 33 heavy (non-hydrogen) atoms. The number of amides is 1. The van der Waals surface area contributed by atoms with Crippen LogP contribution in [0.1, 0.15) is 11.1 Å². The van der Waals surface area contributed by atoms with Gasteiger partial charge in [-0.15, -0.1) is 11.3 Å². The SMILES string of the molecule is COc1cc(/C=C/C(=O)Nc2nc(-c3ccc(Cl)cc3)cs2)ccc1OCc1ccccc1. The Morgan fingerprint density at radius 3 is 2.61 bits per heavy atom. The fourth-order valence-corrected chi connectivity index (χ4v) is 3.89. The van der Waals surface area contributed by atoms with Crippen LogP contribution in [-0.4, -0.2) is 18.0 Å². The minimum Gasteiger partial charge on any atom is -0.493 e. The third kappa shape index (κ3) is 6.22. The number of hydrogen-bond acceptors (Lipinski definition) is 5. The maximum Gasteiger partial charge on any atom is 0.250 e. The predicted octanol–water partition coefficient (Wildman–Crippen LogP) is 6.70. The Hall–Kier alpha value is -3.61. The van der Waals surface area contributed by atoms with Crippen molar-refractivity contribution in [3.63, 3.8) is 0 Å². The Morgan fingerprint density at radius 1 is 1.06 bits per heavy atom. The molecule has 3 aromatic carbocycles. The third-order valence-electron chi connectivity index (χ3n) is 4.73. The summed E-state index contributed by atoms with van der Waals surface area (Å²) in [5.74, 6) is 0.969. The van der Waals surface area contributed by atoms with Gasteiger partial charge in [0.2, 0.25) is 5.91 Å². The van der Waals surface area contributed by atoms with Gasteiger partial charge in [0.25, 0.3) is 0 Å². The van der Waals surface area contributed by atoms with Gasteiger partial charge in [0.05, 0.1) is 12.8 Å². The summed E-state index contributed by atoms with van der Waals surface area (Å²) in [5, 5.41) is 5.87. The Kier molecular flexibility index (Phi) is 7.40. The summed E-state index contributed by atoms with van der Waals surface area (Å²) < 4.78 is 11.3. The summed E-state index contributed by atoms with van der Waals surface area (Å²) in [6.45, 7) is 0.445. The standard InChI is InChI=1S/C26H21ClN2O3S/c1-31-24-15-18(7-13-23(24)32-16-19-5-3-2-4-6-19)8-14-25(30)29-26-28-22(17-33-26)20-9-11-21(27)12-10-20/h2-15,17H,16H2,1H3,(H,28,29,30)/b14-8+. The van der Waals surface area contributed by atoms with Crippen molar-refractivity contribution in [2.24, 2.45) is 0 Å². The zero-order valence-corrected chi connectivity index (χ0v) is 19.4. The quantitative estimate of drug-likeness (QED) is 0.287. The van der Waals surface area contributed by atoms with Crippen LogP contribution < -0.4 is 14.8 Å². The third-order valence-corrected chi connectivity index (χ3v) is 5.74. The van der Waals surface area contributed by atoms with Crippen LogP contribution in [0.5, 0.6) is 11.5 Å². The number of rotatable bonds is 8. The highest BCUT2D eigenvalue weighted by Gasteiger charge is 2.08. The molecule has 4 rings (SSSR count). The van der Waals surface area contributed by atoms with Crippen LogP contribution in [0.2, 0.25) is 5.02 Å². The lowest BCUT2D eigenvalue weighted by atomic mass is 10.2. The molecule has 0 bridgehead atoms. The number of ether oxygens (including phenoxy) is 2. The van der Waals surface area contributed by atoms with E-state index >= 15 is 0 Å². The second-order valence-corrected chi connectivity index (χ2v) is 8.35.